The lowest BCUT2D eigenvalue weighted by Crippen LogP contribution is -2.38. The van der Waals surface area contributed by atoms with E-state index in [4.69, 9.17) is 9.73 Å². The van der Waals surface area contributed by atoms with Crippen molar-refractivity contribution in [1.29, 1.82) is 0 Å². The van der Waals surface area contributed by atoms with E-state index in [-0.39, 0.29) is 12.3 Å². The summed E-state index contributed by atoms with van der Waals surface area (Å²) in [5.41, 5.74) is 5.08. The van der Waals surface area contributed by atoms with Crippen molar-refractivity contribution in [2.75, 3.05) is 7.11 Å². The Morgan fingerprint density at radius 3 is 2.55 bits per heavy atom. The van der Waals surface area contributed by atoms with Crippen molar-refractivity contribution in [1.82, 2.24) is 15.2 Å². The molecule has 4 rings (SSSR count). The Morgan fingerprint density at radius 2 is 1.88 bits per heavy atom. The highest BCUT2D eigenvalue weighted by Gasteiger charge is 2.41. The van der Waals surface area contributed by atoms with E-state index in [9.17, 15) is 9.59 Å². The number of carbonyl (C=O) groups excluding carboxylic acids is 2. The molecule has 3 heterocycles. The number of hydrogen-bond donors (Lipinski definition) is 1. The molecule has 170 valence electrons. The van der Waals surface area contributed by atoms with Crippen LogP contribution in [0.5, 0.6) is 0 Å². The van der Waals surface area contributed by atoms with E-state index in [1.165, 1.54) is 18.9 Å². The third-order valence-electron chi connectivity index (χ3n) is 5.60. The number of fused-ring (bicyclic) bond motifs is 1. The first-order valence-corrected chi connectivity index (χ1v) is 11.7. The van der Waals surface area contributed by atoms with Gasteiger partial charge in [0.2, 0.25) is 5.91 Å². The molecule has 0 aliphatic carbocycles. The number of esters is 1. The molecule has 8 heteroatoms. The molecule has 1 aromatic heterocycles. The third-order valence-corrected chi connectivity index (χ3v) is 6.49. The van der Waals surface area contributed by atoms with E-state index in [0.29, 0.717) is 24.2 Å². The molecule has 0 fully saturated rings. The van der Waals surface area contributed by atoms with E-state index >= 15 is 0 Å². The van der Waals surface area contributed by atoms with Crippen LogP contribution in [-0.4, -0.2) is 34.0 Å². The zero-order chi connectivity index (χ0) is 23.4. The van der Waals surface area contributed by atoms with Gasteiger partial charge in [0.1, 0.15) is 0 Å². The van der Waals surface area contributed by atoms with Gasteiger partial charge >= 0.3 is 5.97 Å². The summed E-state index contributed by atoms with van der Waals surface area (Å²) >= 11 is 1.47. The van der Waals surface area contributed by atoms with E-state index in [0.717, 1.165) is 27.6 Å². The summed E-state index contributed by atoms with van der Waals surface area (Å²) in [6, 6.07) is 11.4. The average molecular weight is 463 g/mol. The number of amides is 1. The maximum absolute atomic E-state index is 12.9. The first-order valence-electron chi connectivity index (χ1n) is 10.8. The summed E-state index contributed by atoms with van der Waals surface area (Å²) in [4.78, 5) is 36.4. The van der Waals surface area contributed by atoms with Crippen molar-refractivity contribution in [2.45, 2.75) is 39.3 Å². The molecule has 2 aromatic rings. The Hall–Kier alpha value is -3.39. The second-order valence-electron chi connectivity index (χ2n) is 7.82. The van der Waals surface area contributed by atoms with Crippen molar-refractivity contribution in [2.24, 2.45) is 4.99 Å². The molecular formula is C25H26N4O3S. The Labute approximate surface area is 197 Å². The minimum absolute atomic E-state index is 0.104. The molecule has 1 amide bonds. The highest BCUT2D eigenvalue weighted by Crippen LogP contribution is 2.45. The number of amidine groups is 1. The van der Waals surface area contributed by atoms with Gasteiger partial charge in [0.05, 0.1) is 30.8 Å². The van der Waals surface area contributed by atoms with Crippen LogP contribution in [0.1, 0.15) is 42.5 Å². The Bertz CT molecular complexity index is 1140. The molecule has 0 spiro atoms. The standard InChI is InChI=1S/C25H26N4O3S/c1-4-20-22(24(31)32-3)23(18-7-5-16(2)6-8-18)29-19(15-33-25(29)28-20)13-21(30)27-14-17-9-11-26-12-10-17/h5-12,15,23H,4,13-14H2,1-3H3,(H,27,30). The number of aryl methyl sites for hydroxylation is 1. The fourth-order valence-corrected chi connectivity index (χ4v) is 4.84. The molecule has 0 saturated carbocycles. The molecule has 0 saturated heterocycles. The van der Waals surface area contributed by atoms with Crippen LogP contribution in [0, 0.1) is 6.92 Å². The lowest BCUT2D eigenvalue weighted by atomic mass is 9.92. The zero-order valence-electron chi connectivity index (χ0n) is 18.9. The quantitative estimate of drug-likeness (QED) is 0.620. The normalized spacial score (nSPS) is 17.3. The lowest BCUT2D eigenvalue weighted by Gasteiger charge is -2.36. The van der Waals surface area contributed by atoms with Crippen LogP contribution in [0.25, 0.3) is 0 Å². The number of pyridine rings is 1. The number of allylic oxidation sites excluding steroid dienone is 1. The summed E-state index contributed by atoms with van der Waals surface area (Å²) in [5, 5.41) is 5.67. The van der Waals surface area contributed by atoms with Crippen LogP contribution in [0.15, 0.2) is 76.2 Å². The molecule has 1 unspecified atom stereocenters. The van der Waals surface area contributed by atoms with Crippen LogP contribution in [0.2, 0.25) is 0 Å². The molecule has 7 nitrogen and oxygen atoms in total. The summed E-state index contributed by atoms with van der Waals surface area (Å²) in [7, 11) is 1.38. The highest BCUT2D eigenvalue weighted by molar-refractivity contribution is 8.16. The fraction of sp³-hybridized carbons (Fsp3) is 0.280. The highest BCUT2D eigenvalue weighted by atomic mass is 32.2. The number of aromatic nitrogens is 1. The Kier molecular flexibility index (Phi) is 6.93. The van der Waals surface area contributed by atoms with Crippen LogP contribution in [0.3, 0.4) is 0 Å². The van der Waals surface area contributed by atoms with Gasteiger partial charge in [-0.2, -0.15) is 0 Å². The van der Waals surface area contributed by atoms with Gasteiger partial charge in [0.15, 0.2) is 5.17 Å². The number of ether oxygens (including phenoxy) is 1. The maximum Gasteiger partial charge on any atom is 0.338 e. The van der Waals surface area contributed by atoms with E-state index < -0.39 is 12.0 Å². The van der Waals surface area contributed by atoms with Crippen LogP contribution in [-0.2, 0) is 20.9 Å². The second-order valence-corrected chi connectivity index (χ2v) is 8.66. The zero-order valence-corrected chi connectivity index (χ0v) is 19.7. The first-order chi connectivity index (χ1) is 16.0. The monoisotopic (exact) mass is 462 g/mol. The number of benzene rings is 1. The number of rotatable bonds is 7. The molecule has 33 heavy (non-hydrogen) atoms. The van der Waals surface area contributed by atoms with Gasteiger partial charge in [0, 0.05) is 24.6 Å². The number of aliphatic imine (C=N–C) groups is 1. The third kappa shape index (κ3) is 4.85. The first kappa shape index (κ1) is 22.8. The number of methoxy groups -OCH3 is 1. The molecule has 1 N–H and O–H groups in total. The van der Waals surface area contributed by atoms with Gasteiger partial charge in [-0.25, -0.2) is 9.79 Å². The Morgan fingerprint density at radius 1 is 1.15 bits per heavy atom. The SMILES string of the molecule is CCC1=C(C(=O)OC)C(c2ccc(C)cc2)N2C(CC(=O)NCc3ccncc3)=CSC2=N1. The molecule has 2 aliphatic heterocycles. The van der Waals surface area contributed by atoms with Crippen LogP contribution in [0.4, 0.5) is 0 Å². The van der Waals surface area contributed by atoms with Gasteiger partial charge in [-0.15, -0.1) is 0 Å². The van der Waals surface area contributed by atoms with Gasteiger partial charge in [-0.1, -0.05) is 48.5 Å². The summed E-state index contributed by atoms with van der Waals surface area (Å²) < 4.78 is 5.15. The van der Waals surface area contributed by atoms with Crippen molar-refractivity contribution in [3.63, 3.8) is 0 Å². The van der Waals surface area contributed by atoms with E-state index in [2.05, 4.69) is 10.3 Å². The summed E-state index contributed by atoms with van der Waals surface area (Å²) in [6.45, 7) is 4.43. The number of hydrogen-bond acceptors (Lipinski definition) is 7. The van der Waals surface area contributed by atoms with Crippen LogP contribution < -0.4 is 5.32 Å². The minimum Gasteiger partial charge on any atom is -0.466 e. The number of nitrogens with zero attached hydrogens (tertiary/aromatic N) is 3. The van der Waals surface area contributed by atoms with Gasteiger partial charge in [0.25, 0.3) is 0 Å². The fourth-order valence-electron chi connectivity index (χ4n) is 3.90. The molecule has 0 bridgehead atoms. The minimum atomic E-state index is -0.408. The van der Waals surface area contributed by atoms with Gasteiger partial charge < -0.3 is 15.0 Å². The maximum atomic E-state index is 12.9. The van der Waals surface area contributed by atoms with Crippen LogP contribution >= 0.6 is 11.8 Å². The predicted molar refractivity (Wildman–Crippen MR) is 129 cm³/mol. The van der Waals surface area contributed by atoms with Crippen molar-refractivity contribution >= 4 is 28.8 Å². The van der Waals surface area contributed by atoms with E-state index in [1.807, 2.05) is 60.6 Å². The molecule has 0 radical (unpaired) electrons. The van der Waals surface area contributed by atoms with E-state index in [1.54, 1.807) is 12.4 Å². The van der Waals surface area contributed by atoms with Crippen molar-refractivity contribution in [3.8, 4) is 0 Å². The number of carbonyl (C=O) groups is 2. The topological polar surface area (TPSA) is 83.9 Å². The molecule has 1 atom stereocenters. The molecule has 2 aliphatic rings. The van der Waals surface area contributed by atoms with Crippen molar-refractivity contribution in [3.05, 3.63) is 87.9 Å². The number of thioether (sulfide) groups is 1. The molecular weight excluding hydrogens is 436 g/mol. The number of nitrogens with one attached hydrogen (secondary N) is 1. The largest absolute Gasteiger partial charge is 0.466 e. The summed E-state index contributed by atoms with van der Waals surface area (Å²) in [6.07, 6.45) is 4.18. The predicted octanol–water partition coefficient (Wildman–Crippen LogP) is 4.23. The van der Waals surface area contributed by atoms with Crippen molar-refractivity contribution < 1.29 is 14.3 Å². The molecule has 1 aromatic carbocycles. The average Bonchev–Trinajstić information content (AvgIpc) is 3.24. The van der Waals surface area contributed by atoms with Gasteiger partial charge in [-0.3, -0.25) is 9.78 Å². The summed E-state index contributed by atoms with van der Waals surface area (Å²) in [5.74, 6) is -0.508. The second kappa shape index (κ2) is 10.0. The smallest absolute Gasteiger partial charge is 0.338 e. The lowest BCUT2D eigenvalue weighted by molar-refractivity contribution is -0.136. The Balaban J connectivity index is 1.63. The van der Waals surface area contributed by atoms with Gasteiger partial charge in [-0.05, 0) is 42.0 Å².